The second-order valence-electron chi connectivity index (χ2n) is 3.99. The Bertz CT molecular complexity index is 424. The van der Waals surface area contributed by atoms with Gasteiger partial charge in [-0.05, 0) is 30.7 Å². The molecule has 0 aliphatic carbocycles. The van der Waals surface area contributed by atoms with Gasteiger partial charge in [-0.3, -0.25) is 0 Å². The fraction of sp³-hybridized carbons (Fsp3) is 0.417. The average molecular weight is 218 g/mol. The molecule has 1 unspecified atom stereocenters. The highest BCUT2D eigenvalue weighted by Gasteiger charge is 2.18. The molecule has 1 aliphatic heterocycles. The van der Waals surface area contributed by atoms with Gasteiger partial charge in [-0.1, -0.05) is 12.5 Å². The summed E-state index contributed by atoms with van der Waals surface area (Å²) in [7, 11) is 0. The summed E-state index contributed by atoms with van der Waals surface area (Å²) in [6.07, 6.45) is 8.26. The standard InChI is InChI=1S/C12H14N2S/c1-3-7-14-9-10(13-12(14)6-1)11-5-2-4-8-15-11/h1,3,6-7,9,11H,2,4-5,8H2. The number of imidazole rings is 1. The zero-order chi connectivity index (χ0) is 10.1. The molecule has 3 heterocycles. The molecule has 3 heteroatoms. The second-order valence-corrected chi connectivity index (χ2v) is 5.30. The number of hydrogen-bond donors (Lipinski definition) is 0. The number of rotatable bonds is 1. The van der Waals surface area contributed by atoms with Crippen molar-refractivity contribution >= 4 is 17.4 Å². The van der Waals surface area contributed by atoms with E-state index in [1.807, 2.05) is 12.1 Å². The molecule has 0 spiro atoms. The van der Waals surface area contributed by atoms with Gasteiger partial charge in [0.1, 0.15) is 5.65 Å². The summed E-state index contributed by atoms with van der Waals surface area (Å²) >= 11 is 2.06. The summed E-state index contributed by atoms with van der Waals surface area (Å²) in [5.41, 5.74) is 2.32. The van der Waals surface area contributed by atoms with Crippen LogP contribution < -0.4 is 0 Å². The van der Waals surface area contributed by atoms with Gasteiger partial charge in [-0.25, -0.2) is 4.98 Å². The lowest BCUT2D eigenvalue weighted by Crippen LogP contribution is -2.02. The smallest absolute Gasteiger partial charge is 0.137 e. The SMILES string of the molecule is c1ccn2cc(C3CCCCS3)nc2c1. The van der Waals surface area contributed by atoms with Crippen molar-refractivity contribution in [2.75, 3.05) is 5.75 Å². The molecule has 0 bridgehead atoms. The van der Waals surface area contributed by atoms with Crippen LogP contribution in [-0.4, -0.2) is 15.1 Å². The number of nitrogens with zero attached hydrogens (tertiary/aromatic N) is 2. The molecule has 0 radical (unpaired) electrons. The predicted molar refractivity (Wildman–Crippen MR) is 64.2 cm³/mol. The van der Waals surface area contributed by atoms with Gasteiger partial charge in [-0.2, -0.15) is 11.8 Å². The molecule has 3 rings (SSSR count). The van der Waals surface area contributed by atoms with E-state index >= 15 is 0 Å². The summed E-state index contributed by atoms with van der Waals surface area (Å²) in [5, 5.41) is 0.624. The van der Waals surface area contributed by atoms with Gasteiger partial charge >= 0.3 is 0 Å². The first-order valence-corrected chi connectivity index (χ1v) is 6.53. The topological polar surface area (TPSA) is 17.3 Å². The van der Waals surface area contributed by atoms with Crippen molar-refractivity contribution in [3.05, 3.63) is 36.3 Å². The van der Waals surface area contributed by atoms with Crippen LogP contribution in [0.3, 0.4) is 0 Å². The Labute approximate surface area is 93.7 Å². The number of pyridine rings is 1. The van der Waals surface area contributed by atoms with E-state index in [2.05, 4.69) is 39.6 Å². The van der Waals surface area contributed by atoms with Crippen molar-refractivity contribution in [1.82, 2.24) is 9.38 Å². The lowest BCUT2D eigenvalue weighted by molar-refractivity contribution is 0.678. The van der Waals surface area contributed by atoms with Gasteiger partial charge < -0.3 is 4.40 Å². The molecular weight excluding hydrogens is 204 g/mol. The van der Waals surface area contributed by atoms with Crippen molar-refractivity contribution in [3.63, 3.8) is 0 Å². The molecular formula is C12H14N2S. The molecule has 0 saturated carbocycles. The molecule has 0 N–H and O–H groups in total. The normalized spacial score (nSPS) is 22.0. The average Bonchev–Trinajstić information content (AvgIpc) is 2.74. The number of fused-ring (bicyclic) bond motifs is 1. The maximum atomic E-state index is 4.68. The maximum absolute atomic E-state index is 4.68. The Balaban J connectivity index is 1.96. The number of hydrogen-bond acceptors (Lipinski definition) is 2. The minimum atomic E-state index is 0.624. The summed E-state index contributed by atoms with van der Waals surface area (Å²) in [6, 6.07) is 6.16. The van der Waals surface area contributed by atoms with E-state index < -0.39 is 0 Å². The molecule has 15 heavy (non-hydrogen) atoms. The van der Waals surface area contributed by atoms with Gasteiger partial charge in [0.15, 0.2) is 0 Å². The van der Waals surface area contributed by atoms with E-state index in [0.717, 1.165) is 5.65 Å². The molecule has 1 saturated heterocycles. The summed E-state index contributed by atoms with van der Waals surface area (Å²) in [5.74, 6) is 1.29. The lowest BCUT2D eigenvalue weighted by Gasteiger charge is -2.18. The highest BCUT2D eigenvalue weighted by atomic mass is 32.2. The Morgan fingerprint density at radius 2 is 2.33 bits per heavy atom. The fourth-order valence-corrected chi connectivity index (χ4v) is 3.36. The Morgan fingerprint density at radius 3 is 3.13 bits per heavy atom. The van der Waals surface area contributed by atoms with Gasteiger partial charge in [0.25, 0.3) is 0 Å². The monoisotopic (exact) mass is 218 g/mol. The molecule has 0 amide bonds. The largest absolute Gasteiger partial charge is 0.307 e. The maximum Gasteiger partial charge on any atom is 0.137 e. The van der Waals surface area contributed by atoms with Crippen LogP contribution in [0.5, 0.6) is 0 Å². The van der Waals surface area contributed by atoms with Crippen LogP contribution >= 0.6 is 11.8 Å². The van der Waals surface area contributed by atoms with E-state index in [1.54, 1.807) is 0 Å². The van der Waals surface area contributed by atoms with Gasteiger partial charge in [0.2, 0.25) is 0 Å². The molecule has 2 aromatic heterocycles. The first-order valence-electron chi connectivity index (χ1n) is 5.49. The predicted octanol–water partition coefficient (Wildman–Crippen LogP) is 3.29. The van der Waals surface area contributed by atoms with Crippen molar-refractivity contribution in [2.45, 2.75) is 24.5 Å². The molecule has 1 aliphatic rings. The van der Waals surface area contributed by atoms with Gasteiger partial charge in [0, 0.05) is 17.6 Å². The molecule has 0 aromatic carbocycles. The van der Waals surface area contributed by atoms with Crippen LogP contribution in [0.2, 0.25) is 0 Å². The summed E-state index contributed by atoms with van der Waals surface area (Å²) < 4.78 is 2.12. The molecule has 1 fully saturated rings. The van der Waals surface area contributed by atoms with E-state index in [4.69, 9.17) is 0 Å². The summed E-state index contributed by atoms with van der Waals surface area (Å²) in [6.45, 7) is 0. The van der Waals surface area contributed by atoms with Crippen molar-refractivity contribution in [1.29, 1.82) is 0 Å². The van der Waals surface area contributed by atoms with Gasteiger partial charge in [-0.15, -0.1) is 0 Å². The number of aromatic nitrogens is 2. The quantitative estimate of drug-likeness (QED) is 0.730. The van der Waals surface area contributed by atoms with Crippen LogP contribution in [0, 0.1) is 0 Å². The van der Waals surface area contributed by atoms with Crippen LogP contribution in [0.1, 0.15) is 30.2 Å². The first kappa shape index (κ1) is 9.28. The minimum absolute atomic E-state index is 0.624. The third-order valence-corrected chi connectivity index (χ3v) is 4.30. The van der Waals surface area contributed by atoms with Crippen LogP contribution in [0.4, 0.5) is 0 Å². The van der Waals surface area contributed by atoms with E-state index in [1.165, 1.54) is 30.7 Å². The van der Waals surface area contributed by atoms with Gasteiger partial charge in [0.05, 0.1) is 5.69 Å². The second kappa shape index (κ2) is 3.89. The van der Waals surface area contributed by atoms with E-state index in [0.29, 0.717) is 5.25 Å². The third kappa shape index (κ3) is 1.76. The van der Waals surface area contributed by atoms with Crippen molar-refractivity contribution in [2.24, 2.45) is 0 Å². The molecule has 1 atom stereocenters. The van der Waals surface area contributed by atoms with Crippen LogP contribution in [0.25, 0.3) is 5.65 Å². The Kier molecular flexibility index (Phi) is 2.41. The zero-order valence-corrected chi connectivity index (χ0v) is 9.41. The summed E-state index contributed by atoms with van der Waals surface area (Å²) in [4.78, 5) is 4.68. The Morgan fingerprint density at radius 1 is 1.33 bits per heavy atom. The minimum Gasteiger partial charge on any atom is -0.307 e. The third-order valence-electron chi connectivity index (χ3n) is 2.89. The molecule has 78 valence electrons. The van der Waals surface area contributed by atoms with E-state index in [-0.39, 0.29) is 0 Å². The fourth-order valence-electron chi connectivity index (χ4n) is 2.08. The number of thioether (sulfide) groups is 1. The van der Waals surface area contributed by atoms with Crippen LogP contribution in [-0.2, 0) is 0 Å². The first-order chi connectivity index (χ1) is 7.43. The molecule has 2 nitrogen and oxygen atoms in total. The highest BCUT2D eigenvalue weighted by Crippen LogP contribution is 2.37. The van der Waals surface area contributed by atoms with Crippen molar-refractivity contribution < 1.29 is 0 Å². The van der Waals surface area contributed by atoms with Crippen molar-refractivity contribution in [3.8, 4) is 0 Å². The van der Waals surface area contributed by atoms with E-state index in [9.17, 15) is 0 Å². The Hall–Kier alpha value is -0.960. The zero-order valence-electron chi connectivity index (χ0n) is 8.60. The highest BCUT2D eigenvalue weighted by molar-refractivity contribution is 7.99. The molecule has 2 aromatic rings. The lowest BCUT2D eigenvalue weighted by atomic mass is 10.1. The van der Waals surface area contributed by atoms with Crippen LogP contribution in [0.15, 0.2) is 30.6 Å².